The Bertz CT molecular complexity index is 192. The highest BCUT2D eigenvalue weighted by Crippen LogP contribution is 2.19. The summed E-state index contributed by atoms with van der Waals surface area (Å²) in [5.74, 6) is 1.02. The molecular weight excluding hydrogens is 210 g/mol. The molecule has 0 aliphatic rings. The Morgan fingerprint density at radius 2 is 1.73 bits per heavy atom. The van der Waals surface area contributed by atoms with Gasteiger partial charge in [0, 0.05) is 11.8 Å². The van der Waals surface area contributed by atoms with Crippen LogP contribution in [0.2, 0.25) is 0 Å². The molecule has 1 N–H and O–H groups in total. The topological polar surface area (TPSA) is 29.1 Å². The number of halogens is 1. The number of hydrogen-bond acceptors (Lipinski definition) is 1. The minimum atomic E-state index is -0.220. The molecule has 0 saturated heterocycles. The van der Waals surface area contributed by atoms with E-state index in [1.54, 1.807) is 0 Å². The summed E-state index contributed by atoms with van der Waals surface area (Å²) < 4.78 is 0. The van der Waals surface area contributed by atoms with Gasteiger partial charge in [0.1, 0.15) is 0 Å². The van der Waals surface area contributed by atoms with Crippen molar-refractivity contribution in [2.24, 2.45) is 11.8 Å². The first-order valence-corrected chi connectivity index (χ1v) is 6.33. The molecule has 3 heteroatoms. The zero-order valence-electron chi connectivity index (χ0n) is 10.6. The molecule has 0 aromatic rings. The van der Waals surface area contributed by atoms with Gasteiger partial charge in [0.05, 0.1) is 5.54 Å². The highest BCUT2D eigenvalue weighted by Gasteiger charge is 2.29. The third-order valence-electron chi connectivity index (χ3n) is 3.41. The van der Waals surface area contributed by atoms with E-state index in [1.165, 1.54) is 0 Å². The van der Waals surface area contributed by atoms with Gasteiger partial charge >= 0.3 is 0 Å². The van der Waals surface area contributed by atoms with Crippen molar-refractivity contribution in [2.75, 3.05) is 5.88 Å². The van der Waals surface area contributed by atoms with Crippen LogP contribution in [-0.4, -0.2) is 17.3 Å². The van der Waals surface area contributed by atoms with E-state index in [4.69, 9.17) is 11.6 Å². The fourth-order valence-electron chi connectivity index (χ4n) is 1.33. The molecule has 0 bridgehead atoms. The SMILES string of the molecule is CCC(CC)(CCl)NC(=O)C(C)C(C)C. The summed E-state index contributed by atoms with van der Waals surface area (Å²) in [6, 6.07) is 0. The van der Waals surface area contributed by atoms with Gasteiger partial charge in [-0.1, -0.05) is 34.6 Å². The first kappa shape index (κ1) is 14.8. The highest BCUT2D eigenvalue weighted by molar-refractivity contribution is 6.18. The maximum Gasteiger partial charge on any atom is 0.223 e. The van der Waals surface area contributed by atoms with E-state index in [2.05, 4.69) is 33.0 Å². The molecule has 0 spiro atoms. The average Bonchev–Trinajstić information content (AvgIpc) is 2.24. The van der Waals surface area contributed by atoms with E-state index in [-0.39, 0.29) is 17.4 Å². The van der Waals surface area contributed by atoms with Gasteiger partial charge in [-0.25, -0.2) is 0 Å². The lowest BCUT2D eigenvalue weighted by molar-refractivity contribution is -0.127. The molecule has 0 aromatic heterocycles. The molecule has 0 radical (unpaired) electrons. The largest absolute Gasteiger partial charge is 0.349 e. The first-order chi connectivity index (χ1) is 6.92. The molecule has 90 valence electrons. The van der Waals surface area contributed by atoms with Crippen LogP contribution in [0.3, 0.4) is 0 Å². The molecule has 0 heterocycles. The van der Waals surface area contributed by atoms with Gasteiger partial charge in [-0.05, 0) is 18.8 Å². The molecule has 0 aliphatic heterocycles. The van der Waals surface area contributed by atoms with E-state index in [1.807, 2.05) is 6.92 Å². The summed E-state index contributed by atoms with van der Waals surface area (Å²) in [6.07, 6.45) is 1.76. The first-order valence-electron chi connectivity index (χ1n) is 5.80. The second-order valence-corrected chi connectivity index (χ2v) is 4.91. The molecule has 15 heavy (non-hydrogen) atoms. The molecule has 0 fully saturated rings. The molecule has 1 amide bonds. The summed E-state index contributed by atoms with van der Waals surface area (Å²) in [4.78, 5) is 11.9. The quantitative estimate of drug-likeness (QED) is 0.702. The molecular formula is C12H24ClNO. The molecule has 1 unspecified atom stereocenters. The predicted molar refractivity (Wildman–Crippen MR) is 66.2 cm³/mol. The Morgan fingerprint density at radius 1 is 1.27 bits per heavy atom. The summed E-state index contributed by atoms with van der Waals surface area (Å²) in [5.41, 5.74) is -0.220. The van der Waals surface area contributed by atoms with E-state index in [9.17, 15) is 4.79 Å². The molecule has 0 aliphatic carbocycles. The normalized spacial score (nSPS) is 14.1. The highest BCUT2D eigenvalue weighted by atomic mass is 35.5. The number of amides is 1. The Labute approximate surface area is 98.8 Å². The van der Waals surface area contributed by atoms with Crippen LogP contribution < -0.4 is 5.32 Å². The molecule has 0 saturated carbocycles. The zero-order chi connectivity index (χ0) is 12.1. The van der Waals surface area contributed by atoms with Crippen molar-refractivity contribution < 1.29 is 4.79 Å². The lowest BCUT2D eigenvalue weighted by Gasteiger charge is -2.32. The minimum absolute atomic E-state index is 0.0469. The van der Waals surface area contributed by atoms with Gasteiger partial charge in [0.25, 0.3) is 0 Å². The number of alkyl halides is 1. The van der Waals surface area contributed by atoms with Crippen LogP contribution in [0.5, 0.6) is 0 Å². The van der Waals surface area contributed by atoms with Crippen LogP contribution in [-0.2, 0) is 4.79 Å². The second kappa shape index (κ2) is 6.37. The number of carbonyl (C=O) groups excluding carboxylic acids is 1. The lowest BCUT2D eigenvalue weighted by Crippen LogP contribution is -2.51. The van der Waals surface area contributed by atoms with Gasteiger partial charge in [-0.3, -0.25) is 4.79 Å². The summed E-state index contributed by atoms with van der Waals surface area (Å²) in [7, 11) is 0. The van der Waals surface area contributed by atoms with Crippen molar-refractivity contribution in [2.45, 2.75) is 53.0 Å². The smallest absolute Gasteiger partial charge is 0.223 e. The van der Waals surface area contributed by atoms with Crippen molar-refractivity contribution in [1.82, 2.24) is 5.32 Å². The molecule has 0 aromatic carbocycles. The Hall–Kier alpha value is -0.240. The maximum absolute atomic E-state index is 11.9. The van der Waals surface area contributed by atoms with Crippen LogP contribution in [0, 0.1) is 11.8 Å². The molecule has 0 rings (SSSR count). The third kappa shape index (κ3) is 4.02. The number of carbonyl (C=O) groups is 1. The van der Waals surface area contributed by atoms with Crippen molar-refractivity contribution in [3.8, 4) is 0 Å². The number of hydrogen-bond donors (Lipinski definition) is 1. The standard InChI is InChI=1S/C12H24ClNO/c1-6-12(7-2,8-13)14-11(15)10(5)9(3)4/h9-10H,6-8H2,1-5H3,(H,14,15). The summed E-state index contributed by atoms with van der Waals surface area (Å²) in [5, 5.41) is 3.09. The zero-order valence-corrected chi connectivity index (χ0v) is 11.3. The van der Waals surface area contributed by atoms with Crippen LogP contribution in [0.1, 0.15) is 47.5 Å². The Kier molecular flexibility index (Phi) is 6.26. The van der Waals surface area contributed by atoms with Crippen LogP contribution in [0.15, 0.2) is 0 Å². The maximum atomic E-state index is 11.9. The summed E-state index contributed by atoms with van der Waals surface area (Å²) in [6.45, 7) is 10.2. The van der Waals surface area contributed by atoms with E-state index >= 15 is 0 Å². The number of rotatable bonds is 6. The second-order valence-electron chi connectivity index (χ2n) is 4.64. The van der Waals surface area contributed by atoms with Gasteiger partial charge < -0.3 is 5.32 Å². The average molecular weight is 234 g/mol. The lowest BCUT2D eigenvalue weighted by atomic mass is 9.91. The van der Waals surface area contributed by atoms with Gasteiger partial charge in [-0.2, -0.15) is 0 Å². The fraction of sp³-hybridized carbons (Fsp3) is 0.917. The fourth-order valence-corrected chi connectivity index (χ4v) is 1.77. The van der Waals surface area contributed by atoms with Crippen molar-refractivity contribution in [3.05, 3.63) is 0 Å². The van der Waals surface area contributed by atoms with E-state index < -0.39 is 0 Å². The van der Waals surface area contributed by atoms with Crippen LogP contribution >= 0.6 is 11.6 Å². The monoisotopic (exact) mass is 233 g/mol. The van der Waals surface area contributed by atoms with E-state index in [0.717, 1.165) is 12.8 Å². The Morgan fingerprint density at radius 3 is 2.00 bits per heavy atom. The van der Waals surface area contributed by atoms with Gasteiger partial charge in [-0.15, -0.1) is 11.6 Å². The van der Waals surface area contributed by atoms with Crippen LogP contribution in [0.4, 0.5) is 0 Å². The predicted octanol–water partition coefficient (Wildman–Crippen LogP) is 3.19. The summed E-state index contributed by atoms with van der Waals surface area (Å²) >= 11 is 5.94. The van der Waals surface area contributed by atoms with Crippen LogP contribution in [0.25, 0.3) is 0 Å². The van der Waals surface area contributed by atoms with E-state index in [0.29, 0.717) is 11.8 Å². The van der Waals surface area contributed by atoms with Crippen molar-refractivity contribution in [1.29, 1.82) is 0 Å². The van der Waals surface area contributed by atoms with Crippen molar-refractivity contribution >= 4 is 17.5 Å². The minimum Gasteiger partial charge on any atom is -0.349 e. The Balaban J connectivity index is 4.48. The van der Waals surface area contributed by atoms with Crippen molar-refractivity contribution in [3.63, 3.8) is 0 Å². The molecule has 1 atom stereocenters. The third-order valence-corrected chi connectivity index (χ3v) is 3.92. The van der Waals surface area contributed by atoms with Gasteiger partial charge in [0.2, 0.25) is 5.91 Å². The number of nitrogens with one attached hydrogen (secondary N) is 1. The van der Waals surface area contributed by atoms with Gasteiger partial charge in [0.15, 0.2) is 0 Å². The molecule has 2 nitrogen and oxygen atoms in total.